The van der Waals surface area contributed by atoms with Gasteiger partial charge in [-0.1, -0.05) is 26.7 Å². The van der Waals surface area contributed by atoms with Crippen molar-refractivity contribution in [3.05, 3.63) is 0 Å². The largest absolute Gasteiger partial charge is 0.481 e. The van der Waals surface area contributed by atoms with Crippen molar-refractivity contribution in [1.82, 2.24) is 5.32 Å². The summed E-state index contributed by atoms with van der Waals surface area (Å²) in [6.45, 7) is 7.29. The van der Waals surface area contributed by atoms with Crippen molar-refractivity contribution in [1.29, 1.82) is 0 Å². The summed E-state index contributed by atoms with van der Waals surface area (Å²) in [5, 5.41) is 11.7. The van der Waals surface area contributed by atoms with Crippen LogP contribution in [0.1, 0.15) is 46.5 Å². The quantitative estimate of drug-likeness (QED) is 0.592. The molecule has 84 valence electrons. The molecule has 0 aliphatic heterocycles. The number of hydrogen-bond acceptors (Lipinski definition) is 2. The van der Waals surface area contributed by atoms with E-state index in [9.17, 15) is 4.79 Å². The molecule has 0 fully saturated rings. The number of aliphatic carboxylic acids is 1. The van der Waals surface area contributed by atoms with Crippen LogP contribution in [0.2, 0.25) is 0 Å². The summed E-state index contributed by atoms with van der Waals surface area (Å²) in [5.41, 5.74) is 0. The van der Waals surface area contributed by atoms with Crippen molar-refractivity contribution in [3.63, 3.8) is 0 Å². The summed E-state index contributed by atoms with van der Waals surface area (Å²) >= 11 is 0. The Hall–Kier alpha value is -0.570. The Morgan fingerprint density at radius 3 is 2.43 bits per heavy atom. The Morgan fingerprint density at radius 1 is 1.29 bits per heavy atom. The van der Waals surface area contributed by atoms with Gasteiger partial charge in [-0.2, -0.15) is 0 Å². The zero-order valence-electron chi connectivity index (χ0n) is 9.55. The highest BCUT2D eigenvalue weighted by molar-refractivity contribution is 5.67. The van der Waals surface area contributed by atoms with Gasteiger partial charge >= 0.3 is 5.97 Å². The lowest BCUT2D eigenvalue weighted by atomic mass is 10.1. The third-order valence-electron chi connectivity index (χ3n) is 2.18. The first-order valence-corrected chi connectivity index (χ1v) is 5.47. The van der Waals surface area contributed by atoms with E-state index in [1.165, 1.54) is 12.8 Å². The Labute approximate surface area is 86.9 Å². The van der Waals surface area contributed by atoms with Crippen molar-refractivity contribution in [2.45, 2.75) is 52.5 Å². The van der Waals surface area contributed by atoms with Crippen LogP contribution in [0.5, 0.6) is 0 Å². The van der Waals surface area contributed by atoms with Gasteiger partial charge in [0.15, 0.2) is 0 Å². The van der Waals surface area contributed by atoms with E-state index >= 15 is 0 Å². The maximum atomic E-state index is 10.3. The fraction of sp³-hybridized carbons (Fsp3) is 0.909. The van der Waals surface area contributed by atoms with E-state index in [1.54, 1.807) is 0 Å². The normalized spacial score (nSPS) is 13.1. The van der Waals surface area contributed by atoms with E-state index < -0.39 is 5.97 Å². The van der Waals surface area contributed by atoms with Crippen molar-refractivity contribution in [2.75, 3.05) is 6.54 Å². The number of rotatable bonds is 8. The number of carboxylic acid groups (broad SMARTS) is 1. The van der Waals surface area contributed by atoms with Crippen LogP contribution in [0.25, 0.3) is 0 Å². The second-order valence-electron chi connectivity index (χ2n) is 4.34. The minimum absolute atomic E-state index is 0.0894. The summed E-state index contributed by atoms with van der Waals surface area (Å²) < 4.78 is 0. The van der Waals surface area contributed by atoms with Crippen LogP contribution in [-0.2, 0) is 4.79 Å². The van der Waals surface area contributed by atoms with Gasteiger partial charge in [0.1, 0.15) is 0 Å². The van der Waals surface area contributed by atoms with Gasteiger partial charge in [0, 0.05) is 6.04 Å². The Bertz CT molecular complexity index is 157. The summed E-state index contributed by atoms with van der Waals surface area (Å²) in [6, 6.07) is 0.0894. The van der Waals surface area contributed by atoms with E-state index in [4.69, 9.17) is 5.11 Å². The fourth-order valence-corrected chi connectivity index (χ4v) is 1.36. The molecule has 0 bridgehead atoms. The molecular weight excluding hydrogens is 178 g/mol. The van der Waals surface area contributed by atoms with Gasteiger partial charge in [0.2, 0.25) is 0 Å². The van der Waals surface area contributed by atoms with E-state index in [-0.39, 0.29) is 12.5 Å². The third kappa shape index (κ3) is 9.52. The molecular formula is C11H23NO2. The topological polar surface area (TPSA) is 49.3 Å². The molecule has 0 rings (SSSR count). The van der Waals surface area contributed by atoms with Crippen molar-refractivity contribution < 1.29 is 9.90 Å². The first-order valence-electron chi connectivity index (χ1n) is 5.47. The predicted octanol–water partition coefficient (Wildman–Crippen LogP) is 2.27. The van der Waals surface area contributed by atoms with Crippen molar-refractivity contribution in [3.8, 4) is 0 Å². The SMILES string of the molecule is CC(C)CCCCNC(C)CC(=O)O. The standard InChI is InChI=1S/C11H23NO2/c1-9(2)6-4-5-7-12-10(3)8-11(13)14/h9-10,12H,4-8H2,1-3H3,(H,13,14). The van der Waals surface area contributed by atoms with Crippen molar-refractivity contribution in [2.24, 2.45) is 5.92 Å². The van der Waals surface area contributed by atoms with Crippen LogP contribution in [0.3, 0.4) is 0 Å². The molecule has 0 heterocycles. The smallest absolute Gasteiger partial charge is 0.304 e. The Balaban J connectivity index is 3.23. The lowest BCUT2D eigenvalue weighted by Gasteiger charge is -2.11. The highest BCUT2D eigenvalue weighted by atomic mass is 16.4. The first-order chi connectivity index (χ1) is 6.52. The number of hydrogen-bond donors (Lipinski definition) is 2. The first kappa shape index (κ1) is 13.4. The Kier molecular flexibility index (Phi) is 7.48. The lowest BCUT2D eigenvalue weighted by Crippen LogP contribution is -2.29. The van der Waals surface area contributed by atoms with Gasteiger partial charge in [0.05, 0.1) is 6.42 Å². The van der Waals surface area contributed by atoms with Gasteiger partial charge in [-0.05, 0) is 25.8 Å². The van der Waals surface area contributed by atoms with E-state index in [1.807, 2.05) is 6.92 Å². The summed E-state index contributed by atoms with van der Waals surface area (Å²) in [6.07, 6.45) is 3.84. The van der Waals surface area contributed by atoms with E-state index in [2.05, 4.69) is 19.2 Å². The predicted molar refractivity (Wildman–Crippen MR) is 58.4 cm³/mol. The molecule has 3 nitrogen and oxygen atoms in total. The van der Waals surface area contributed by atoms with Crippen LogP contribution in [-0.4, -0.2) is 23.7 Å². The molecule has 1 unspecified atom stereocenters. The molecule has 14 heavy (non-hydrogen) atoms. The number of carboxylic acids is 1. The number of unbranched alkanes of at least 4 members (excludes halogenated alkanes) is 1. The molecule has 0 saturated carbocycles. The van der Waals surface area contributed by atoms with Crippen LogP contribution in [0.15, 0.2) is 0 Å². The molecule has 0 amide bonds. The second kappa shape index (κ2) is 7.80. The van der Waals surface area contributed by atoms with Crippen LogP contribution in [0, 0.1) is 5.92 Å². The molecule has 3 heteroatoms. The molecule has 1 atom stereocenters. The molecule has 0 aliphatic rings. The average Bonchev–Trinajstić information content (AvgIpc) is 2.01. The maximum Gasteiger partial charge on any atom is 0.304 e. The van der Waals surface area contributed by atoms with Crippen LogP contribution in [0.4, 0.5) is 0 Å². The number of nitrogens with one attached hydrogen (secondary N) is 1. The molecule has 2 N–H and O–H groups in total. The van der Waals surface area contributed by atoms with Gasteiger partial charge in [-0.25, -0.2) is 0 Å². The number of carbonyl (C=O) groups is 1. The summed E-state index contributed by atoms with van der Waals surface area (Å²) in [4.78, 5) is 10.3. The van der Waals surface area contributed by atoms with Crippen LogP contribution >= 0.6 is 0 Å². The third-order valence-corrected chi connectivity index (χ3v) is 2.18. The van der Waals surface area contributed by atoms with Crippen LogP contribution < -0.4 is 5.32 Å². The minimum Gasteiger partial charge on any atom is -0.481 e. The monoisotopic (exact) mass is 201 g/mol. The summed E-state index contributed by atoms with van der Waals surface area (Å²) in [7, 11) is 0. The molecule has 0 aromatic heterocycles. The van der Waals surface area contributed by atoms with Gasteiger partial charge in [0.25, 0.3) is 0 Å². The molecule has 0 aromatic carbocycles. The van der Waals surface area contributed by atoms with Gasteiger partial charge in [-0.15, -0.1) is 0 Å². The van der Waals surface area contributed by atoms with E-state index in [0.717, 1.165) is 18.9 Å². The fourth-order valence-electron chi connectivity index (χ4n) is 1.36. The highest BCUT2D eigenvalue weighted by Gasteiger charge is 2.05. The second-order valence-corrected chi connectivity index (χ2v) is 4.34. The summed E-state index contributed by atoms with van der Waals surface area (Å²) in [5.74, 6) is 0.0404. The van der Waals surface area contributed by atoms with Gasteiger partial charge < -0.3 is 10.4 Å². The minimum atomic E-state index is -0.729. The zero-order valence-corrected chi connectivity index (χ0v) is 9.55. The molecule has 0 saturated heterocycles. The zero-order chi connectivity index (χ0) is 11.0. The highest BCUT2D eigenvalue weighted by Crippen LogP contribution is 2.05. The molecule has 0 aromatic rings. The Morgan fingerprint density at radius 2 is 1.93 bits per heavy atom. The molecule has 0 aliphatic carbocycles. The average molecular weight is 201 g/mol. The maximum absolute atomic E-state index is 10.3. The lowest BCUT2D eigenvalue weighted by molar-refractivity contribution is -0.137. The van der Waals surface area contributed by atoms with Crippen molar-refractivity contribution >= 4 is 5.97 Å². The molecule has 0 spiro atoms. The van der Waals surface area contributed by atoms with E-state index in [0.29, 0.717) is 0 Å². The van der Waals surface area contributed by atoms with Gasteiger partial charge in [-0.3, -0.25) is 4.79 Å². The molecule has 0 radical (unpaired) electrons.